The molecule has 0 unspecified atom stereocenters. The maximum absolute atomic E-state index is 12.9. The first kappa shape index (κ1) is 21.2. The van der Waals surface area contributed by atoms with Crippen LogP contribution in [0.4, 0.5) is 4.79 Å². The number of aliphatic hydroxyl groups is 1. The van der Waals surface area contributed by atoms with E-state index in [-0.39, 0.29) is 24.6 Å². The molecule has 6 heteroatoms. The molecular weight excluding hydrogens is 390 g/mol. The minimum atomic E-state index is -0.585. The molecule has 0 spiro atoms. The third-order valence-electron chi connectivity index (χ3n) is 6.61. The van der Waals surface area contributed by atoms with Gasteiger partial charge >= 0.3 is 6.03 Å². The average molecular weight is 420 g/mol. The number of likely N-dealkylation sites (tertiary alicyclic amines) is 1. The maximum atomic E-state index is 12.9. The van der Waals surface area contributed by atoms with Crippen LogP contribution in [0.1, 0.15) is 43.6 Å². The number of urea groups is 1. The van der Waals surface area contributed by atoms with Gasteiger partial charge in [0.25, 0.3) is 0 Å². The summed E-state index contributed by atoms with van der Waals surface area (Å²) in [5.41, 5.74) is 2.96. The van der Waals surface area contributed by atoms with E-state index in [4.69, 9.17) is 4.74 Å². The van der Waals surface area contributed by atoms with Crippen molar-refractivity contribution in [3.05, 3.63) is 54.1 Å². The zero-order chi connectivity index (χ0) is 21.8. The third-order valence-corrected chi connectivity index (χ3v) is 6.61. The van der Waals surface area contributed by atoms with Crippen molar-refractivity contribution in [3.63, 3.8) is 0 Å². The molecule has 162 valence electrons. The van der Waals surface area contributed by atoms with Crippen LogP contribution in [0.5, 0.6) is 5.75 Å². The molecule has 6 nitrogen and oxygen atoms in total. The van der Waals surface area contributed by atoms with E-state index in [0.717, 1.165) is 48.1 Å². The van der Waals surface area contributed by atoms with Crippen LogP contribution in [-0.2, 0) is 0 Å². The van der Waals surface area contributed by atoms with E-state index in [1.54, 1.807) is 7.11 Å². The van der Waals surface area contributed by atoms with Gasteiger partial charge in [-0.3, -0.25) is 0 Å². The van der Waals surface area contributed by atoms with Crippen LogP contribution < -0.4 is 10.1 Å². The number of nitrogens with zero attached hydrogens (tertiary/aromatic N) is 2. The molecule has 1 saturated heterocycles. The number of hydrogen-bond donors (Lipinski definition) is 2. The molecule has 1 saturated carbocycles. The molecule has 2 fully saturated rings. The van der Waals surface area contributed by atoms with E-state index in [1.807, 2.05) is 48.5 Å². The SMILES string of the molecule is COc1ccccc1-c1ccc([C@@H]2[C@@H](C#N)N(C(=O)NC3CCCCC3)[C@@H]2CO)cc1. The number of amides is 2. The first-order valence-electron chi connectivity index (χ1n) is 11.0. The Morgan fingerprint density at radius 3 is 2.52 bits per heavy atom. The quantitative estimate of drug-likeness (QED) is 0.765. The van der Waals surface area contributed by atoms with Crippen molar-refractivity contribution >= 4 is 6.03 Å². The molecule has 2 aromatic rings. The van der Waals surface area contributed by atoms with E-state index in [9.17, 15) is 15.2 Å². The number of aliphatic hydroxyl groups excluding tert-OH is 1. The highest BCUT2D eigenvalue weighted by molar-refractivity contribution is 5.78. The lowest BCUT2D eigenvalue weighted by molar-refractivity contribution is 0.0153. The number of nitrogens with one attached hydrogen (secondary N) is 1. The molecule has 1 aliphatic carbocycles. The highest BCUT2D eigenvalue weighted by atomic mass is 16.5. The van der Waals surface area contributed by atoms with Crippen molar-refractivity contribution in [2.75, 3.05) is 13.7 Å². The predicted octanol–water partition coefficient (Wildman–Crippen LogP) is 4.06. The molecule has 2 aliphatic rings. The second-order valence-corrected chi connectivity index (χ2v) is 8.36. The zero-order valence-corrected chi connectivity index (χ0v) is 17.8. The predicted molar refractivity (Wildman–Crippen MR) is 119 cm³/mol. The lowest BCUT2D eigenvalue weighted by atomic mass is 9.75. The topological polar surface area (TPSA) is 85.6 Å². The summed E-state index contributed by atoms with van der Waals surface area (Å²) in [4.78, 5) is 14.4. The van der Waals surface area contributed by atoms with Gasteiger partial charge < -0.3 is 20.1 Å². The van der Waals surface area contributed by atoms with E-state index in [0.29, 0.717) is 0 Å². The van der Waals surface area contributed by atoms with Crippen LogP contribution in [0, 0.1) is 11.3 Å². The van der Waals surface area contributed by atoms with Gasteiger partial charge in [-0.1, -0.05) is 61.7 Å². The molecule has 2 aromatic carbocycles. The molecule has 4 rings (SSSR count). The summed E-state index contributed by atoms with van der Waals surface area (Å²) < 4.78 is 5.45. The first-order chi connectivity index (χ1) is 15.2. The summed E-state index contributed by atoms with van der Waals surface area (Å²) in [5, 5.41) is 22.9. The standard InChI is InChI=1S/C25H29N3O3/c1-31-23-10-6-5-9-20(23)17-11-13-18(14-12-17)24-21(15-26)28(22(24)16-29)25(30)27-19-7-3-2-4-8-19/h5-6,9-14,19,21-22,24,29H,2-4,7-8,16H2,1H3,(H,27,30)/t21-,22-,24-/m1/s1. The normalized spacial score (nSPS) is 23.5. The summed E-state index contributed by atoms with van der Waals surface area (Å²) in [7, 11) is 1.65. The Hall–Kier alpha value is -3.04. The van der Waals surface area contributed by atoms with Crippen molar-refractivity contribution < 1.29 is 14.6 Å². The van der Waals surface area contributed by atoms with Gasteiger partial charge in [-0.2, -0.15) is 5.26 Å². The summed E-state index contributed by atoms with van der Waals surface area (Å²) in [6, 6.07) is 17.0. The number of carbonyl (C=O) groups is 1. The molecule has 0 radical (unpaired) electrons. The molecule has 1 heterocycles. The fourth-order valence-corrected chi connectivity index (χ4v) is 4.95. The number of hydrogen-bond acceptors (Lipinski definition) is 4. The van der Waals surface area contributed by atoms with Gasteiger partial charge in [-0.15, -0.1) is 0 Å². The van der Waals surface area contributed by atoms with Gasteiger partial charge in [0.2, 0.25) is 0 Å². The number of benzene rings is 2. The van der Waals surface area contributed by atoms with Crippen molar-refractivity contribution in [3.8, 4) is 22.9 Å². The Labute approximate surface area is 183 Å². The fourth-order valence-electron chi connectivity index (χ4n) is 4.95. The van der Waals surface area contributed by atoms with Gasteiger partial charge in [0.1, 0.15) is 11.8 Å². The average Bonchev–Trinajstić information content (AvgIpc) is 2.80. The first-order valence-corrected chi connectivity index (χ1v) is 11.0. The van der Waals surface area contributed by atoms with Crippen molar-refractivity contribution in [2.24, 2.45) is 0 Å². The number of methoxy groups -OCH3 is 1. The summed E-state index contributed by atoms with van der Waals surface area (Å²) in [6.45, 7) is -0.171. The van der Waals surface area contributed by atoms with E-state index < -0.39 is 12.1 Å². The fraction of sp³-hybridized carbons (Fsp3) is 0.440. The molecule has 2 amide bonds. The van der Waals surface area contributed by atoms with Gasteiger partial charge in [-0.25, -0.2) is 4.79 Å². The molecule has 0 aromatic heterocycles. The monoisotopic (exact) mass is 419 g/mol. The maximum Gasteiger partial charge on any atom is 0.319 e. The highest BCUT2D eigenvalue weighted by Gasteiger charge is 2.52. The minimum absolute atomic E-state index is 0.166. The second-order valence-electron chi connectivity index (χ2n) is 8.36. The molecule has 31 heavy (non-hydrogen) atoms. The Morgan fingerprint density at radius 1 is 1.16 bits per heavy atom. The molecule has 1 aliphatic heterocycles. The van der Waals surface area contributed by atoms with E-state index in [2.05, 4.69) is 11.4 Å². The number of para-hydroxylation sites is 1. The molecular formula is C25H29N3O3. The van der Waals surface area contributed by atoms with Gasteiger partial charge in [0.05, 0.1) is 25.8 Å². The van der Waals surface area contributed by atoms with Crippen LogP contribution in [0.3, 0.4) is 0 Å². The van der Waals surface area contributed by atoms with Crippen LogP contribution in [-0.4, -0.2) is 47.9 Å². The van der Waals surface area contributed by atoms with E-state index in [1.165, 1.54) is 11.3 Å². The van der Waals surface area contributed by atoms with Crippen molar-refractivity contribution in [1.29, 1.82) is 5.26 Å². The van der Waals surface area contributed by atoms with Gasteiger partial charge in [-0.05, 0) is 30.0 Å². The summed E-state index contributed by atoms with van der Waals surface area (Å²) >= 11 is 0. The molecule has 0 bridgehead atoms. The van der Waals surface area contributed by atoms with Gasteiger partial charge in [0.15, 0.2) is 0 Å². The number of carbonyl (C=O) groups excluding carboxylic acids is 1. The second kappa shape index (κ2) is 9.40. The Kier molecular flexibility index (Phi) is 6.43. The number of ether oxygens (including phenoxy) is 1. The Morgan fingerprint density at radius 2 is 1.87 bits per heavy atom. The third kappa shape index (κ3) is 4.11. The molecule has 3 atom stereocenters. The van der Waals surface area contributed by atoms with Crippen LogP contribution in [0.2, 0.25) is 0 Å². The van der Waals surface area contributed by atoms with Crippen LogP contribution in [0.25, 0.3) is 11.1 Å². The lowest BCUT2D eigenvalue weighted by Gasteiger charge is -2.51. The largest absolute Gasteiger partial charge is 0.496 e. The summed E-state index contributed by atoms with van der Waals surface area (Å²) in [5.74, 6) is 0.589. The van der Waals surface area contributed by atoms with Crippen molar-refractivity contribution in [2.45, 2.75) is 56.1 Å². The lowest BCUT2D eigenvalue weighted by Crippen LogP contribution is -2.67. The van der Waals surface area contributed by atoms with Gasteiger partial charge in [0, 0.05) is 17.5 Å². The Bertz CT molecular complexity index is 947. The number of rotatable bonds is 5. The Balaban J connectivity index is 1.51. The number of nitriles is 1. The highest BCUT2D eigenvalue weighted by Crippen LogP contribution is 2.41. The minimum Gasteiger partial charge on any atom is -0.496 e. The zero-order valence-electron chi connectivity index (χ0n) is 17.8. The van der Waals surface area contributed by atoms with Crippen LogP contribution in [0.15, 0.2) is 48.5 Å². The molecule has 2 N–H and O–H groups in total. The van der Waals surface area contributed by atoms with E-state index >= 15 is 0 Å². The van der Waals surface area contributed by atoms with Crippen LogP contribution >= 0.6 is 0 Å². The smallest absolute Gasteiger partial charge is 0.319 e. The summed E-state index contributed by atoms with van der Waals surface area (Å²) in [6.07, 6.45) is 5.42. The van der Waals surface area contributed by atoms with Crippen molar-refractivity contribution in [1.82, 2.24) is 10.2 Å².